The highest BCUT2D eigenvalue weighted by atomic mass is 79.9. The van der Waals surface area contributed by atoms with Gasteiger partial charge < -0.3 is 20.9 Å². The second kappa shape index (κ2) is 5.91. The summed E-state index contributed by atoms with van der Waals surface area (Å²) in [6.45, 7) is 9.74. The number of aromatic hydroxyl groups is 1. The number of fused-ring (bicyclic) bond motifs is 3. The molecule has 2 fully saturated rings. The van der Waals surface area contributed by atoms with Crippen molar-refractivity contribution in [2.75, 3.05) is 0 Å². The van der Waals surface area contributed by atoms with Crippen LogP contribution in [0.3, 0.4) is 0 Å². The van der Waals surface area contributed by atoms with Gasteiger partial charge in [-0.25, -0.2) is 0 Å². The molecule has 0 aromatic heterocycles. The van der Waals surface area contributed by atoms with Crippen LogP contribution in [0.4, 0.5) is 0 Å². The summed E-state index contributed by atoms with van der Waals surface area (Å²) in [6, 6.07) is 1.76. The van der Waals surface area contributed by atoms with E-state index in [2.05, 4.69) is 48.9 Å². The second-order valence-corrected chi connectivity index (χ2v) is 11.6. The van der Waals surface area contributed by atoms with Crippen molar-refractivity contribution < 1.29 is 14.6 Å². The van der Waals surface area contributed by atoms with Crippen LogP contribution in [0.2, 0.25) is 0 Å². The van der Waals surface area contributed by atoms with Crippen molar-refractivity contribution in [3.8, 4) is 11.5 Å². The summed E-state index contributed by atoms with van der Waals surface area (Å²) in [4.78, 5) is 12.5. The van der Waals surface area contributed by atoms with E-state index in [4.69, 9.17) is 10.5 Å². The van der Waals surface area contributed by atoms with Crippen LogP contribution in [0.15, 0.2) is 6.07 Å². The van der Waals surface area contributed by atoms with E-state index in [1.165, 1.54) is 0 Å². The largest absolute Gasteiger partial charge is 0.507 e. The number of benzene rings is 1. The van der Waals surface area contributed by atoms with Crippen molar-refractivity contribution in [2.45, 2.75) is 76.4 Å². The quantitative estimate of drug-likeness (QED) is 0.510. The molecule has 4 aliphatic rings. The number of carbonyl (C=O) groups excluding carboxylic acids is 1. The molecule has 1 amide bonds. The Morgan fingerprint density at radius 3 is 2.76 bits per heavy atom. The van der Waals surface area contributed by atoms with Crippen LogP contribution >= 0.6 is 15.9 Å². The normalized spacial score (nSPS) is 42.1. The molecule has 1 spiro atoms. The van der Waals surface area contributed by atoms with E-state index in [-0.39, 0.29) is 39.0 Å². The van der Waals surface area contributed by atoms with Crippen LogP contribution in [-0.2, 0) is 13.0 Å². The Morgan fingerprint density at radius 1 is 1.31 bits per heavy atom. The standard InChI is InChI=1S/C23H31BrN2O3/c1-11-5-6-16-21(2,3)19(24)14(25)9-23(16)22(11,4)8-12-7-15(27)17-13(18(12)29-23)10-26-20(17)28/h7,11,14,16,19,27H,5-6,8-10,25H2,1-4H3,(H,26,28)/t11-,14+,16-,19-,22+,23-/m0/s1. The van der Waals surface area contributed by atoms with Gasteiger partial charge in [-0.15, -0.1) is 0 Å². The van der Waals surface area contributed by atoms with Gasteiger partial charge in [-0.2, -0.15) is 0 Å². The first-order valence-electron chi connectivity index (χ1n) is 10.8. The predicted octanol–water partition coefficient (Wildman–Crippen LogP) is 3.88. The lowest BCUT2D eigenvalue weighted by Crippen LogP contribution is -2.73. The Bertz CT molecular complexity index is 916. The van der Waals surface area contributed by atoms with Crippen molar-refractivity contribution in [3.63, 3.8) is 0 Å². The molecular weight excluding hydrogens is 432 g/mol. The van der Waals surface area contributed by atoms with Crippen molar-refractivity contribution in [3.05, 3.63) is 22.8 Å². The first-order chi connectivity index (χ1) is 13.5. The number of phenolic OH excluding ortho intramolecular Hbond substituents is 1. The maximum Gasteiger partial charge on any atom is 0.255 e. The smallest absolute Gasteiger partial charge is 0.255 e. The van der Waals surface area contributed by atoms with E-state index in [1.54, 1.807) is 6.07 Å². The molecule has 5 rings (SSSR count). The second-order valence-electron chi connectivity index (χ2n) is 10.6. The molecule has 2 saturated carbocycles. The van der Waals surface area contributed by atoms with E-state index in [9.17, 15) is 9.90 Å². The minimum Gasteiger partial charge on any atom is -0.507 e. The first-order valence-corrected chi connectivity index (χ1v) is 11.7. The number of alkyl halides is 1. The molecule has 0 unspecified atom stereocenters. The number of nitrogens with one attached hydrogen (secondary N) is 1. The van der Waals surface area contributed by atoms with E-state index < -0.39 is 0 Å². The summed E-state index contributed by atoms with van der Waals surface area (Å²) in [5.74, 6) is 1.51. The van der Waals surface area contributed by atoms with Gasteiger partial charge in [0.1, 0.15) is 17.1 Å². The number of nitrogens with two attached hydrogens (primary N) is 1. The lowest BCUT2D eigenvalue weighted by atomic mass is 9.43. The molecule has 2 aliphatic heterocycles. The third-order valence-electron chi connectivity index (χ3n) is 8.96. The Balaban J connectivity index is 1.74. The third kappa shape index (κ3) is 2.28. The van der Waals surface area contributed by atoms with Gasteiger partial charge in [0.15, 0.2) is 0 Å². The topological polar surface area (TPSA) is 84.6 Å². The number of hydrogen-bond acceptors (Lipinski definition) is 4. The molecule has 29 heavy (non-hydrogen) atoms. The highest BCUT2D eigenvalue weighted by Crippen LogP contribution is 2.67. The van der Waals surface area contributed by atoms with Gasteiger partial charge in [-0.3, -0.25) is 4.79 Å². The molecule has 0 saturated heterocycles. The molecule has 4 N–H and O–H groups in total. The molecule has 2 heterocycles. The molecular formula is C23H31BrN2O3. The predicted molar refractivity (Wildman–Crippen MR) is 115 cm³/mol. The highest BCUT2D eigenvalue weighted by Gasteiger charge is 2.69. The summed E-state index contributed by atoms with van der Waals surface area (Å²) in [7, 11) is 0. The van der Waals surface area contributed by atoms with E-state index in [1.807, 2.05) is 0 Å². The van der Waals surface area contributed by atoms with E-state index >= 15 is 0 Å². The summed E-state index contributed by atoms with van der Waals surface area (Å²) >= 11 is 3.91. The fourth-order valence-electron chi connectivity index (χ4n) is 7.16. The summed E-state index contributed by atoms with van der Waals surface area (Å²) < 4.78 is 7.10. The van der Waals surface area contributed by atoms with Crippen LogP contribution in [0, 0.1) is 22.7 Å². The highest BCUT2D eigenvalue weighted by molar-refractivity contribution is 9.09. The zero-order chi connectivity index (χ0) is 20.9. The van der Waals surface area contributed by atoms with Gasteiger partial charge >= 0.3 is 0 Å². The molecule has 1 aromatic carbocycles. The maximum atomic E-state index is 12.3. The number of hydrogen-bond donors (Lipinski definition) is 3. The van der Waals surface area contributed by atoms with Crippen LogP contribution < -0.4 is 15.8 Å². The van der Waals surface area contributed by atoms with Gasteiger partial charge in [0.2, 0.25) is 0 Å². The van der Waals surface area contributed by atoms with Gasteiger partial charge in [0, 0.05) is 40.7 Å². The van der Waals surface area contributed by atoms with E-state index in [0.29, 0.717) is 23.9 Å². The Kier molecular flexibility index (Phi) is 4.01. The number of rotatable bonds is 0. The summed E-state index contributed by atoms with van der Waals surface area (Å²) in [5, 5.41) is 13.4. The number of halogens is 1. The van der Waals surface area contributed by atoms with Gasteiger partial charge in [-0.05, 0) is 42.2 Å². The van der Waals surface area contributed by atoms with Crippen molar-refractivity contribution in [2.24, 2.45) is 28.4 Å². The van der Waals surface area contributed by atoms with Crippen molar-refractivity contribution in [1.82, 2.24) is 5.32 Å². The number of carbonyl (C=O) groups is 1. The van der Waals surface area contributed by atoms with Gasteiger partial charge in [0.05, 0.1) is 5.56 Å². The summed E-state index contributed by atoms with van der Waals surface area (Å²) in [6.07, 6.45) is 3.92. The zero-order valence-electron chi connectivity index (χ0n) is 17.6. The molecule has 0 radical (unpaired) electrons. The van der Waals surface area contributed by atoms with Crippen molar-refractivity contribution >= 4 is 21.8 Å². The minimum absolute atomic E-state index is 0.00246. The van der Waals surface area contributed by atoms with Crippen molar-refractivity contribution in [1.29, 1.82) is 0 Å². The molecule has 0 bridgehead atoms. The molecule has 2 aliphatic carbocycles. The van der Waals surface area contributed by atoms with Crippen LogP contribution in [-0.4, -0.2) is 27.5 Å². The number of ether oxygens (including phenoxy) is 1. The SMILES string of the molecule is C[C@H]1CC[C@H]2C(C)(C)[C@@H](Br)[C@H](N)C[C@]23Oc2c(cc(O)c4c2CNC4=O)C[C@]13C. The van der Waals surface area contributed by atoms with Crippen LogP contribution in [0.5, 0.6) is 11.5 Å². The Labute approximate surface area is 180 Å². The molecule has 1 aromatic rings. The fourth-order valence-corrected chi connectivity index (χ4v) is 7.67. The summed E-state index contributed by atoms with van der Waals surface area (Å²) in [5.41, 5.74) is 8.45. The molecule has 6 heteroatoms. The van der Waals surface area contributed by atoms with Gasteiger partial charge in [-0.1, -0.05) is 43.6 Å². The Morgan fingerprint density at radius 2 is 2.03 bits per heavy atom. The Hall–Kier alpha value is -1.27. The molecule has 158 valence electrons. The first kappa shape index (κ1) is 19.7. The van der Waals surface area contributed by atoms with Gasteiger partial charge in [0.25, 0.3) is 5.91 Å². The maximum absolute atomic E-state index is 12.3. The number of phenols is 1. The minimum atomic E-state index is -0.374. The molecule has 6 atom stereocenters. The monoisotopic (exact) mass is 462 g/mol. The zero-order valence-corrected chi connectivity index (χ0v) is 19.2. The fraction of sp³-hybridized carbons (Fsp3) is 0.696. The average molecular weight is 463 g/mol. The van der Waals surface area contributed by atoms with Crippen LogP contribution in [0.1, 0.15) is 68.4 Å². The third-order valence-corrected chi connectivity index (χ3v) is 10.8. The van der Waals surface area contributed by atoms with Crippen LogP contribution in [0.25, 0.3) is 0 Å². The lowest BCUT2D eigenvalue weighted by molar-refractivity contribution is -0.211. The lowest BCUT2D eigenvalue weighted by Gasteiger charge is -2.68. The number of amides is 1. The molecule has 5 nitrogen and oxygen atoms in total. The average Bonchev–Trinajstić information content (AvgIpc) is 3.03. The van der Waals surface area contributed by atoms with E-state index in [0.717, 1.165) is 42.6 Å².